The van der Waals surface area contributed by atoms with Gasteiger partial charge >= 0.3 is 6.03 Å². The molecule has 2 heterocycles. The summed E-state index contributed by atoms with van der Waals surface area (Å²) in [6, 6.07) is 10.8. The summed E-state index contributed by atoms with van der Waals surface area (Å²) in [7, 11) is 0. The molecule has 34 heavy (non-hydrogen) atoms. The molecular weight excluding hydrogens is 442 g/mol. The lowest BCUT2D eigenvalue weighted by atomic mass is 9.94. The third-order valence-corrected chi connectivity index (χ3v) is 5.49. The summed E-state index contributed by atoms with van der Waals surface area (Å²) in [6.45, 7) is 6.60. The number of rotatable bonds is 8. The summed E-state index contributed by atoms with van der Waals surface area (Å²) < 4.78 is 38.9. The van der Waals surface area contributed by atoms with Crippen LogP contribution in [0.15, 0.2) is 58.8 Å². The van der Waals surface area contributed by atoms with E-state index in [1.807, 2.05) is 13.8 Å². The SMILES string of the molecule is CC1=C(c2nc(-c3cccc(F)c3)no2)C(c2cccc(F)c2)NC(=O)N1CCCOC(C)C. The molecule has 1 atom stereocenters. The Kier molecular flexibility index (Phi) is 7.02. The van der Waals surface area contributed by atoms with Gasteiger partial charge in [0.1, 0.15) is 11.6 Å². The molecule has 1 aliphatic rings. The molecule has 0 aliphatic carbocycles. The minimum atomic E-state index is -0.702. The largest absolute Gasteiger partial charge is 0.379 e. The highest BCUT2D eigenvalue weighted by molar-refractivity contribution is 5.86. The van der Waals surface area contributed by atoms with Crippen molar-refractivity contribution in [2.24, 2.45) is 0 Å². The van der Waals surface area contributed by atoms with Crippen molar-refractivity contribution in [1.82, 2.24) is 20.4 Å². The van der Waals surface area contributed by atoms with Gasteiger partial charge in [0.15, 0.2) is 0 Å². The molecule has 0 spiro atoms. The van der Waals surface area contributed by atoms with E-state index in [0.29, 0.717) is 42.0 Å². The van der Waals surface area contributed by atoms with Crippen molar-refractivity contribution in [3.63, 3.8) is 0 Å². The number of ether oxygens (including phenoxy) is 1. The quantitative estimate of drug-likeness (QED) is 0.452. The fraction of sp³-hybridized carbons (Fsp3) is 0.320. The Morgan fingerprint density at radius 1 is 1.15 bits per heavy atom. The second-order valence-electron chi connectivity index (χ2n) is 8.29. The van der Waals surface area contributed by atoms with Crippen molar-refractivity contribution in [3.8, 4) is 11.4 Å². The van der Waals surface area contributed by atoms with Crippen LogP contribution in [0.3, 0.4) is 0 Å². The molecule has 0 fully saturated rings. The van der Waals surface area contributed by atoms with Crippen molar-refractivity contribution < 1.29 is 22.8 Å². The van der Waals surface area contributed by atoms with E-state index in [2.05, 4.69) is 15.5 Å². The molecule has 9 heteroatoms. The van der Waals surface area contributed by atoms with Gasteiger partial charge in [0.25, 0.3) is 5.89 Å². The molecule has 0 radical (unpaired) electrons. The number of hydrogen-bond donors (Lipinski definition) is 1. The van der Waals surface area contributed by atoms with Crippen LogP contribution >= 0.6 is 0 Å². The van der Waals surface area contributed by atoms with E-state index < -0.39 is 17.7 Å². The van der Waals surface area contributed by atoms with Crippen molar-refractivity contribution in [2.45, 2.75) is 39.3 Å². The Balaban J connectivity index is 1.72. The van der Waals surface area contributed by atoms with Crippen LogP contribution in [0.4, 0.5) is 13.6 Å². The number of carbonyl (C=O) groups is 1. The molecule has 1 N–H and O–H groups in total. The predicted molar refractivity (Wildman–Crippen MR) is 122 cm³/mol. The number of nitrogens with one attached hydrogen (secondary N) is 1. The van der Waals surface area contributed by atoms with Crippen LogP contribution in [0.25, 0.3) is 17.0 Å². The number of carbonyl (C=O) groups excluding carboxylic acids is 1. The standard InChI is InChI=1S/C25H26F2N4O3/c1-15(2)33-12-6-11-31-16(3)21(22(28-25(31)32)17-7-4-9-19(26)13-17)24-29-23(30-34-24)18-8-5-10-20(27)14-18/h4-5,7-10,13-15,22H,6,11-12H2,1-3H3,(H,28,32). The third-order valence-electron chi connectivity index (χ3n) is 5.49. The number of hydrogen-bond acceptors (Lipinski definition) is 5. The van der Waals surface area contributed by atoms with E-state index in [1.54, 1.807) is 36.1 Å². The molecule has 178 valence electrons. The number of aromatic nitrogens is 2. The van der Waals surface area contributed by atoms with Gasteiger partial charge in [0, 0.05) is 24.4 Å². The Morgan fingerprint density at radius 2 is 1.88 bits per heavy atom. The van der Waals surface area contributed by atoms with Crippen molar-refractivity contribution in [1.29, 1.82) is 0 Å². The maximum Gasteiger partial charge on any atom is 0.322 e. The van der Waals surface area contributed by atoms with Crippen LogP contribution in [-0.4, -0.2) is 40.3 Å². The van der Waals surface area contributed by atoms with Gasteiger partial charge in [-0.25, -0.2) is 13.6 Å². The average Bonchev–Trinajstić information content (AvgIpc) is 3.27. The fourth-order valence-corrected chi connectivity index (χ4v) is 3.88. The molecular formula is C25H26F2N4O3. The lowest BCUT2D eigenvalue weighted by molar-refractivity contribution is 0.0736. The maximum atomic E-state index is 14.0. The van der Waals surface area contributed by atoms with Gasteiger partial charge in [-0.05, 0) is 57.0 Å². The molecule has 7 nitrogen and oxygen atoms in total. The van der Waals surface area contributed by atoms with Gasteiger partial charge < -0.3 is 14.6 Å². The Labute approximate surface area is 196 Å². The zero-order chi connectivity index (χ0) is 24.2. The second-order valence-corrected chi connectivity index (χ2v) is 8.29. The summed E-state index contributed by atoms with van der Waals surface area (Å²) in [5, 5.41) is 6.94. The zero-order valence-corrected chi connectivity index (χ0v) is 19.2. The van der Waals surface area contributed by atoms with Crippen LogP contribution in [0, 0.1) is 11.6 Å². The maximum absolute atomic E-state index is 14.0. The zero-order valence-electron chi connectivity index (χ0n) is 19.2. The Bertz CT molecular complexity index is 1210. The smallest absolute Gasteiger partial charge is 0.322 e. The highest BCUT2D eigenvalue weighted by Gasteiger charge is 2.35. The first-order valence-electron chi connectivity index (χ1n) is 11.1. The Hall–Kier alpha value is -3.59. The van der Waals surface area contributed by atoms with Gasteiger partial charge in [0.05, 0.1) is 17.7 Å². The number of halogens is 2. The number of allylic oxidation sites excluding steroid dienone is 1. The van der Waals surface area contributed by atoms with Crippen LogP contribution in [0.1, 0.15) is 44.7 Å². The second kappa shape index (κ2) is 10.1. The van der Waals surface area contributed by atoms with Crippen LogP contribution < -0.4 is 5.32 Å². The molecule has 0 bridgehead atoms. The van der Waals surface area contributed by atoms with Gasteiger partial charge in [-0.2, -0.15) is 4.98 Å². The summed E-state index contributed by atoms with van der Waals surface area (Å²) in [6.07, 6.45) is 0.721. The minimum absolute atomic E-state index is 0.0966. The lowest BCUT2D eigenvalue weighted by Gasteiger charge is -2.35. The first-order chi connectivity index (χ1) is 16.3. The van der Waals surface area contributed by atoms with Crippen LogP contribution in [0.5, 0.6) is 0 Å². The van der Waals surface area contributed by atoms with Gasteiger partial charge in [-0.15, -0.1) is 0 Å². The molecule has 2 amide bonds. The molecule has 0 saturated heterocycles. The number of amides is 2. The molecule has 1 unspecified atom stereocenters. The van der Waals surface area contributed by atoms with Crippen LogP contribution in [0.2, 0.25) is 0 Å². The van der Waals surface area contributed by atoms with E-state index in [0.717, 1.165) is 0 Å². The van der Waals surface area contributed by atoms with E-state index in [1.165, 1.54) is 24.3 Å². The van der Waals surface area contributed by atoms with Crippen molar-refractivity contribution in [2.75, 3.05) is 13.2 Å². The van der Waals surface area contributed by atoms with E-state index in [4.69, 9.17) is 9.26 Å². The normalized spacial score (nSPS) is 16.4. The Morgan fingerprint density at radius 3 is 2.59 bits per heavy atom. The van der Waals surface area contributed by atoms with Crippen molar-refractivity contribution >= 4 is 11.6 Å². The summed E-state index contributed by atoms with van der Waals surface area (Å²) in [5.74, 6) is -0.476. The third kappa shape index (κ3) is 5.14. The van der Waals surface area contributed by atoms with Gasteiger partial charge in [0.2, 0.25) is 5.82 Å². The van der Waals surface area contributed by atoms with E-state index >= 15 is 0 Å². The van der Waals surface area contributed by atoms with Gasteiger partial charge in [-0.3, -0.25) is 4.90 Å². The molecule has 4 rings (SSSR count). The molecule has 3 aromatic rings. The molecule has 2 aromatic carbocycles. The fourth-order valence-electron chi connectivity index (χ4n) is 3.88. The number of urea groups is 1. The van der Waals surface area contributed by atoms with E-state index in [-0.39, 0.29) is 23.9 Å². The summed E-state index contributed by atoms with van der Waals surface area (Å²) in [5.41, 5.74) is 2.15. The highest BCUT2D eigenvalue weighted by Crippen LogP contribution is 2.37. The minimum Gasteiger partial charge on any atom is -0.379 e. The topological polar surface area (TPSA) is 80.5 Å². The first-order valence-corrected chi connectivity index (χ1v) is 11.1. The number of nitrogens with zero attached hydrogens (tertiary/aromatic N) is 3. The van der Waals surface area contributed by atoms with Crippen LogP contribution in [-0.2, 0) is 4.74 Å². The van der Waals surface area contributed by atoms with Gasteiger partial charge in [-0.1, -0.05) is 29.4 Å². The predicted octanol–water partition coefficient (Wildman–Crippen LogP) is 5.33. The lowest BCUT2D eigenvalue weighted by Crippen LogP contribution is -2.46. The molecule has 1 aliphatic heterocycles. The monoisotopic (exact) mass is 468 g/mol. The van der Waals surface area contributed by atoms with Crippen molar-refractivity contribution in [3.05, 3.63) is 77.3 Å². The number of benzene rings is 2. The highest BCUT2D eigenvalue weighted by atomic mass is 19.1. The van der Waals surface area contributed by atoms with E-state index in [9.17, 15) is 13.6 Å². The molecule has 1 aromatic heterocycles. The first kappa shape index (κ1) is 23.6. The molecule has 0 saturated carbocycles. The average molecular weight is 469 g/mol. The summed E-state index contributed by atoms with van der Waals surface area (Å²) in [4.78, 5) is 19.0. The summed E-state index contributed by atoms with van der Waals surface area (Å²) >= 11 is 0.